The van der Waals surface area contributed by atoms with Crippen LogP contribution in [0, 0.1) is 0 Å². The minimum absolute atomic E-state index is 0.0997. The van der Waals surface area contributed by atoms with E-state index >= 15 is 0 Å². The van der Waals surface area contributed by atoms with Gasteiger partial charge < -0.3 is 15.5 Å². The van der Waals surface area contributed by atoms with Crippen LogP contribution in [0.4, 0.5) is 5.95 Å². The zero-order valence-electron chi connectivity index (χ0n) is 13.8. The average Bonchev–Trinajstić information content (AvgIpc) is 3.11. The lowest BCUT2D eigenvalue weighted by molar-refractivity contribution is 0.0791. The average molecular weight is 358 g/mol. The Bertz CT molecular complexity index is 780. The molecule has 6 nitrogen and oxygen atoms in total. The normalized spacial score (nSPS) is 19.6. The Labute approximate surface area is 151 Å². The number of carbonyl (C=O) groups is 1. The van der Waals surface area contributed by atoms with Crippen molar-refractivity contribution in [2.75, 3.05) is 25.0 Å². The third-order valence-electron chi connectivity index (χ3n) is 4.77. The molecule has 1 aromatic heterocycles. The zero-order chi connectivity index (χ0) is 17.2. The number of aromatic nitrogens is 2. The number of hydrogen-bond acceptors (Lipinski definition) is 5. The zero-order valence-corrected chi connectivity index (χ0v) is 14.6. The summed E-state index contributed by atoms with van der Waals surface area (Å²) in [5.41, 5.74) is 3.36. The molecule has 7 heteroatoms. The Morgan fingerprint density at radius 3 is 2.96 bits per heavy atom. The standard InChI is InChI=1S/C18H20ClN5O/c19-15-9-21-18(22-10-15)23-16-4-6-24(11-16)17(25)13-1-2-14-8-20-5-3-12(14)7-13/h1-2,7,9-10,16,20H,3-6,8,11H2,(H,21,22,23). The van der Waals surface area contributed by atoms with Crippen LogP contribution in [0.3, 0.4) is 0 Å². The second-order valence-corrected chi connectivity index (χ2v) is 6.95. The van der Waals surface area contributed by atoms with Crippen molar-refractivity contribution < 1.29 is 4.79 Å². The third kappa shape index (κ3) is 3.60. The van der Waals surface area contributed by atoms with Crippen molar-refractivity contribution in [2.24, 2.45) is 0 Å². The number of anilines is 1. The fourth-order valence-corrected chi connectivity index (χ4v) is 3.52. The van der Waals surface area contributed by atoms with E-state index in [1.807, 2.05) is 11.0 Å². The number of fused-ring (bicyclic) bond motifs is 1. The lowest BCUT2D eigenvalue weighted by atomic mass is 9.98. The van der Waals surface area contributed by atoms with Gasteiger partial charge >= 0.3 is 0 Å². The monoisotopic (exact) mass is 357 g/mol. The van der Waals surface area contributed by atoms with Gasteiger partial charge in [-0.05, 0) is 42.6 Å². The first kappa shape index (κ1) is 16.3. The van der Waals surface area contributed by atoms with E-state index < -0.39 is 0 Å². The molecular weight excluding hydrogens is 338 g/mol. The summed E-state index contributed by atoms with van der Waals surface area (Å²) in [6.07, 6.45) is 4.99. The molecule has 1 fully saturated rings. The lowest BCUT2D eigenvalue weighted by Crippen LogP contribution is -2.32. The molecule has 2 N–H and O–H groups in total. The molecule has 25 heavy (non-hydrogen) atoms. The van der Waals surface area contributed by atoms with E-state index in [9.17, 15) is 4.79 Å². The number of likely N-dealkylation sites (tertiary alicyclic amines) is 1. The van der Waals surface area contributed by atoms with Crippen LogP contribution in [0.15, 0.2) is 30.6 Å². The molecule has 2 aromatic rings. The van der Waals surface area contributed by atoms with Crippen molar-refractivity contribution in [2.45, 2.75) is 25.4 Å². The Morgan fingerprint density at radius 1 is 1.28 bits per heavy atom. The first-order valence-electron chi connectivity index (χ1n) is 8.55. The van der Waals surface area contributed by atoms with E-state index in [-0.39, 0.29) is 11.9 Å². The van der Waals surface area contributed by atoms with E-state index in [2.05, 4.69) is 32.7 Å². The highest BCUT2D eigenvalue weighted by atomic mass is 35.5. The second kappa shape index (κ2) is 6.98. The van der Waals surface area contributed by atoms with Gasteiger partial charge in [0.1, 0.15) is 0 Å². The maximum absolute atomic E-state index is 12.8. The van der Waals surface area contributed by atoms with E-state index in [0.717, 1.165) is 38.0 Å². The molecule has 1 unspecified atom stereocenters. The van der Waals surface area contributed by atoms with Crippen molar-refractivity contribution >= 4 is 23.5 Å². The smallest absolute Gasteiger partial charge is 0.253 e. The van der Waals surface area contributed by atoms with Gasteiger partial charge in [-0.3, -0.25) is 4.79 Å². The molecule has 4 rings (SSSR count). The van der Waals surface area contributed by atoms with Crippen LogP contribution in [-0.4, -0.2) is 46.5 Å². The molecule has 1 amide bonds. The molecule has 1 atom stereocenters. The van der Waals surface area contributed by atoms with Crippen LogP contribution in [-0.2, 0) is 13.0 Å². The van der Waals surface area contributed by atoms with Gasteiger partial charge in [0.2, 0.25) is 5.95 Å². The summed E-state index contributed by atoms with van der Waals surface area (Å²) in [6, 6.07) is 6.23. The summed E-state index contributed by atoms with van der Waals surface area (Å²) in [7, 11) is 0. The van der Waals surface area contributed by atoms with Crippen molar-refractivity contribution in [3.63, 3.8) is 0 Å². The van der Waals surface area contributed by atoms with Gasteiger partial charge in [0.25, 0.3) is 5.91 Å². The first-order valence-corrected chi connectivity index (χ1v) is 8.93. The molecule has 0 radical (unpaired) electrons. The number of hydrogen-bond donors (Lipinski definition) is 2. The number of halogens is 1. The maximum Gasteiger partial charge on any atom is 0.253 e. The minimum Gasteiger partial charge on any atom is -0.350 e. The highest BCUT2D eigenvalue weighted by molar-refractivity contribution is 6.30. The van der Waals surface area contributed by atoms with E-state index in [4.69, 9.17) is 11.6 Å². The van der Waals surface area contributed by atoms with Gasteiger partial charge in [-0.1, -0.05) is 17.7 Å². The number of benzene rings is 1. The van der Waals surface area contributed by atoms with Crippen molar-refractivity contribution in [1.29, 1.82) is 0 Å². The van der Waals surface area contributed by atoms with Crippen LogP contribution in [0.25, 0.3) is 0 Å². The Kier molecular flexibility index (Phi) is 4.55. The lowest BCUT2D eigenvalue weighted by Gasteiger charge is -2.20. The molecule has 3 heterocycles. The fraction of sp³-hybridized carbons (Fsp3) is 0.389. The van der Waals surface area contributed by atoms with Gasteiger partial charge in [0, 0.05) is 31.2 Å². The number of nitrogens with one attached hydrogen (secondary N) is 2. The molecule has 2 aliphatic heterocycles. The van der Waals surface area contributed by atoms with Crippen molar-refractivity contribution in [1.82, 2.24) is 20.2 Å². The van der Waals surface area contributed by atoms with Crippen molar-refractivity contribution in [3.05, 3.63) is 52.3 Å². The summed E-state index contributed by atoms with van der Waals surface area (Å²) in [5, 5.41) is 7.14. The summed E-state index contributed by atoms with van der Waals surface area (Å²) < 4.78 is 0. The van der Waals surface area contributed by atoms with E-state index in [0.29, 0.717) is 17.5 Å². The van der Waals surface area contributed by atoms with Gasteiger partial charge in [0.05, 0.1) is 17.4 Å². The summed E-state index contributed by atoms with van der Waals surface area (Å²) in [4.78, 5) is 23.0. The SMILES string of the molecule is O=C(c1ccc2c(c1)CCNC2)N1CCC(Nc2ncc(Cl)cn2)C1. The van der Waals surface area contributed by atoms with Crippen LogP contribution < -0.4 is 10.6 Å². The van der Waals surface area contributed by atoms with Gasteiger partial charge in [-0.2, -0.15) is 0 Å². The number of nitrogens with zero attached hydrogens (tertiary/aromatic N) is 3. The van der Waals surface area contributed by atoms with Gasteiger partial charge in [0.15, 0.2) is 0 Å². The minimum atomic E-state index is 0.0997. The number of amides is 1. The number of rotatable bonds is 3. The van der Waals surface area contributed by atoms with E-state index in [1.165, 1.54) is 11.1 Å². The van der Waals surface area contributed by atoms with Crippen molar-refractivity contribution in [3.8, 4) is 0 Å². The topological polar surface area (TPSA) is 70.2 Å². The molecule has 1 aromatic carbocycles. The summed E-state index contributed by atoms with van der Waals surface area (Å²) >= 11 is 5.80. The molecule has 0 spiro atoms. The fourth-order valence-electron chi connectivity index (χ4n) is 3.42. The molecule has 2 aliphatic rings. The number of carbonyl (C=O) groups excluding carboxylic acids is 1. The predicted molar refractivity (Wildman–Crippen MR) is 96.8 cm³/mol. The highest BCUT2D eigenvalue weighted by Gasteiger charge is 2.27. The third-order valence-corrected chi connectivity index (χ3v) is 4.96. The second-order valence-electron chi connectivity index (χ2n) is 6.52. The quantitative estimate of drug-likeness (QED) is 0.880. The van der Waals surface area contributed by atoms with Crippen LogP contribution in [0.2, 0.25) is 5.02 Å². The Hall–Kier alpha value is -2.18. The maximum atomic E-state index is 12.8. The van der Waals surface area contributed by atoms with E-state index in [1.54, 1.807) is 12.4 Å². The first-order chi connectivity index (χ1) is 12.2. The molecule has 1 saturated heterocycles. The molecule has 0 aliphatic carbocycles. The van der Waals surface area contributed by atoms with Gasteiger partial charge in [-0.15, -0.1) is 0 Å². The largest absolute Gasteiger partial charge is 0.350 e. The molecular formula is C18H20ClN5O. The van der Waals surface area contributed by atoms with Crippen LogP contribution in [0.5, 0.6) is 0 Å². The predicted octanol–water partition coefficient (Wildman–Crippen LogP) is 2.10. The summed E-state index contributed by atoms with van der Waals surface area (Å²) in [5.74, 6) is 0.646. The molecule has 130 valence electrons. The van der Waals surface area contributed by atoms with Crippen LogP contribution in [0.1, 0.15) is 27.9 Å². The Morgan fingerprint density at radius 2 is 2.12 bits per heavy atom. The molecule has 0 bridgehead atoms. The van der Waals surface area contributed by atoms with Crippen LogP contribution >= 0.6 is 11.6 Å². The van der Waals surface area contributed by atoms with Gasteiger partial charge in [-0.25, -0.2) is 9.97 Å². The highest BCUT2D eigenvalue weighted by Crippen LogP contribution is 2.20. The Balaban J connectivity index is 1.41. The summed E-state index contributed by atoms with van der Waals surface area (Å²) in [6.45, 7) is 3.26. The molecule has 0 saturated carbocycles.